The minimum absolute atomic E-state index is 0.0237. The molecule has 15 heavy (non-hydrogen) atoms. The van der Waals surface area contributed by atoms with Gasteiger partial charge in [-0.25, -0.2) is 0 Å². The summed E-state index contributed by atoms with van der Waals surface area (Å²) in [5.41, 5.74) is 0.672. The number of thioether (sulfide) groups is 1. The zero-order chi connectivity index (χ0) is 11.3. The molecule has 0 unspecified atom stereocenters. The minimum Gasteiger partial charge on any atom is -0.507 e. The molecule has 0 aliphatic heterocycles. The van der Waals surface area contributed by atoms with Crippen LogP contribution in [0.25, 0.3) is 5.76 Å². The van der Waals surface area contributed by atoms with Gasteiger partial charge in [0.15, 0.2) is 5.78 Å². The van der Waals surface area contributed by atoms with E-state index in [1.165, 1.54) is 13.0 Å². The van der Waals surface area contributed by atoms with Gasteiger partial charge in [0.05, 0.1) is 0 Å². The summed E-state index contributed by atoms with van der Waals surface area (Å²) < 4.78 is 0. The minimum atomic E-state index is -0.153. The standard InChI is InChI=1S/C12H14O2S/c1-3-15-11-6-4-10(5-7-11)12(14)8-9(2)13/h4-8,14H,3H2,1-2H3. The molecule has 2 nitrogen and oxygen atoms in total. The first-order valence-electron chi connectivity index (χ1n) is 4.78. The number of hydrogen-bond acceptors (Lipinski definition) is 3. The van der Waals surface area contributed by atoms with Gasteiger partial charge in [-0.05, 0) is 24.8 Å². The van der Waals surface area contributed by atoms with Gasteiger partial charge in [0, 0.05) is 16.5 Å². The molecule has 1 rings (SSSR count). The summed E-state index contributed by atoms with van der Waals surface area (Å²) in [6, 6.07) is 7.50. The fourth-order valence-electron chi connectivity index (χ4n) is 1.16. The summed E-state index contributed by atoms with van der Waals surface area (Å²) in [5, 5.41) is 9.55. The summed E-state index contributed by atoms with van der Waals surface area (Å²) in [6.45, 7) is 3.50. The Morgan fingerprint density at radius 2 is 2.00 bits per heavy atom. The van der Waals surface area contributed by atoms with E-state index in [1.807, 2.05) is 24.3 Å². The van der Waals surface area contributed by atoms with Gasteiger partial charge in [0.1, 0.15) is 5.76 Å². The molecule has 1 N–H and O–H groups in total. The fraction of sp³-hybridized carbons (Fsp3) is 0.250. The Morgan fingerprint density at radius 3 is 2.47 bits per heavy atom. The quantitative estimate of drug-likeness (QED) is 0.482. The first kappa shape index (κ1) is 11.9. The number of benzene rings is 1. The van der Waals surface area contributed by atoms with Crippen LogP contribution in [-0.2, 0) is 4.79 Å². The number of allylic oxidation sites excluding steroid dienone is 1. The molecule has 80 valence electrons. The van der Waals surface area contributed by atoms with Crippen molar-refractivity contribution in [2.75, 3.05) is 5.75 Å². The summed E-state index contributed by atoms with van der Waals surface area (Å²) in [4.78, 5) is 11.9. The van der Waals surface area contributed by atoms with Gasteiger partial charge < -0.3 is 5.11 Å². The van der Waals surface area contributed by atoms with Crippen molar-refractivity contribution >= 4 is 23.3 Å². The summed E-state index contributed by atoms with van der Waals surface area (Å²) in [5.74, 6) is 0.893. The van der Waals surface area contributed by atoms with Crippen molar-refractivity contribution in [3.63, 3.8) is 0 Å². The van der Waals surface area contributed by atoms with Crippen molar-refractivity contribution in [3.05, 3.63) is 35.9 Å². The van der Waals surface area contributed by atoms with Crippen LogP contribution in [0.3, 0.4) is 0 Å². The van der Waals surface area contributed by atoms with Crippen molar-refractivity contribution in [2.45, 2.75) is 18.7 Å². The Morgan fingerprint density at radius 1 is 1.40 bits per heavy atom. The maximum Gasteiger partial charge on any atom is 0.156 e. The highest BCUT2D eigenvalue weighted by Crippen LogP contribution is 2.20. The second-order valence-electron chi connectivity index (χ2n) is 3.10. The van der Waals surface area contributed by atoms with E-state index in [4.69, 9.17) is 0 Å². The third-order valence-corrected chi connectivity index (χ3v) is 2.70. The van der Waals surface area contributed by atoms with Crippen molar-refractivity contribution in [2.24, 2.45) is 0 Å². The van der Waals surface area contributed by atoms with E-state index >= 15 is 0 Å². The van der Waals surface area contributed by atoms with E-state index in [0.717, 1.165) is 10.6 Å². The number of ketones is 1. The number of aliphatic hydroxyl groups excluding tert-OH is 1. The van der Waals surface area contributed by atoms with Crippen LogP contribution in [-0.4, -0.2) is 16.6 Å². The highest BCUT2D eigenvalue weighted by molar-refractivity contribution is 7.99. The highest BCUT2D eigenvalue weighted by Gasteiger charge is 2.00. The molecular formula is C12H14O2S. The largest absolute Gasteiger partial charge is 0.507 e. The van der Waals surface area contributed by atoms with Crippen molar-refractivity contribution in [3.8, 4) is 0 Å². The molecule has 0 aliphatic rings. The van der Waals surface area contributed by atoms with Crippen LogP contribution >= 0.6 is 11.8 Å². The molecule has 0 aromatic heterocycles. The molecule has 0 radical (unpaired) electrons. The molecule has 0 spiro atoms. The van der Waals surface area contributed by atoms with Crippen LogP contribution in [0.5, 0.6) is 0 Å². The molecule has 0 amide bonds. The van der Waals surface area contributed by atoms with E-state index in [9.17, 15) is 9.90 Å². The molecule has 0 saturated carbocycles. The molecule has 1 aromatic rings. The van der Waals surface area contributed by atoms with E-state index in [-0.39, 0.29) is 11.5 Å². The first-order valence-corrected chi connectivity index (χ1v) is 5.76. The normalized spacial score (nSPS) is 11.5. The number of rotatable bonds is 4. The maximum atomic E-state index is 10.8. The summed E-state index contributed by atoms with van der Waals surface area (Å²) >= 11 is 1.74. The number of carbonyl (C=O) groups excluding carboxylic acids is 1. The SMILES string of the molecule is CCSc1ccc(C(O)=CC(C)=O)cc1. The predicted molar refractivity (Wildman–Crippen MR) is 64.1 cm³/mol. The molecule has 0 atom stereocenters. The Hall–Kier alpha value is -1.22. The van der Waals surface area contributed by atoms with Crippen LogP contribution in [0.1, 0.15) is 19.4 Å². The van der Waals surface area contributed by atoms with Crippen molar-refractivity contribution in [1.29, 1.82) is 0 Å². The fourth-order valence-corrected chi connectivity index (χ4v) is 1.83. The second-order valence-corrected chi connectivity index (χ2v) is 4.44. The molecule has 0 saturated heterocycles. The predicted octanol–water partition coefficient (Wildman–Crippen LogP) is 3.29. The molecule has 0 aliphatic carbocycles. The molecule has 3 heteroatoms. The lowest BCUT2D eigenvalue weighted by molar-refractivity contribution is -0.112. The van der Waals surface area contributed by atoms with Crippen LogP contribution in [0.15, 0.2) is 35.2 Å². The molecule has 0 bridgehead atoms. The lowest BCUT2D eigenvalue weighted by atomic mass is 10.1. The third kappa shape index (κ3) is 3.80. The first-order chi connectivity index (χ1) is 7.13. The lowest BCUT2D eigenvalue weighted by Gasteiger charge is -2.01. The average molecular weight is 222 g/mol. The van der Waals surface area contributed by atoms with Crippen LogP contribution in [0.4, 0.5) is 0 Å². The average Bonchev–Trinajstić information content (AvgIpc) is 2.18. The van der Waals surface area contributed by atoms with Crippen LogP contribution < -0.4 is 0 Å². The maximum absolute atomic E-state index is 10.8. The molecule has 1 aromatic carbocycles. The van der Waals surface area contributed by atoms with Gasteiger partial charge in [-0.15, -0.1) is 11.8 Å². The van der Waals surface area contributed by atoms with E-state index < -0.39 is 0 Å². The van der Waals surface area contributed by atoms with E-state index in [2.05, 4.69) is 6.92 Å². The van der Waals surface area contributed by atoms with Gasteiger partial charge >= 0.3 is 0 Å². The topological polar surface area (TPSA) is 37.3 Å². The highest BCUT2D eigenvalue weighted by atomic mass is 32.2. The van der Waals surface area contributed by atoms with Crippen LogP contribution in [0, 0.1) is 0 Å². The van der Waals surface area contributed by atoms with Gasteiger partial charge in [-0.3, -0.25) is 4.79 Å². The molecule has 0 fully saturated rings. The van der Waals surface area contributed by atoms with Gasteiger partial charge in [-0.2, -0.15) is 0 Å². The third-order valence-electron chi connectivity index (χ3n) is 1.80. The number of carbonyl (C=O) groups is 1. The molecule has 0 heterocycles. The second kappa shape index (κ2) is 5.61. The van der Waals surface area contributed by atoms with Crippen molar-refractivity contribution in [1.82, 2.24) is 0 Å². The zero-order valence-electron chi connectivity index (χ0n) is 8.86. The van der Waals surface area contributed by atoms with Crippen LogP contribution in [0.2, 0.25) is 0 Å². The Bertz CT molecular complexity index is 366. The number of hydrogen-bond donors (Lipinski definition) is 1. The number of aliphatic hydroxyl groups is 1. The zero-order valence-corrected chi connectivity index (χ0v) is 9.67. The van der Waals surface area contributed by atoms with Gasteiger partial charge in [0.2, 0.25) is 0 Å². The smallest absolute Gasteiger partial charge is 0.156 e. The molecular weight excluding hydrogens is 208 g/mol. The monoisotopic (exact) mass is 222 g/mol. The van der Waals surface area contributed by atoms with Gasteiger partial charge in [0.25, 0.3) is 0 Å². The Labute approximate surface area is 94.0 Å². The summed E-state index contributed by atoms with van der Waals surface area (Å²) in [7, 11) is 0. The Balaban J connectivity index is 2.84. The van der Waals surface area contributed by atoms with E-state index in [1.54, 1.807) is 11.8 Å². The van der Waals surface area contributed by atoms with E-state index in [0.29, 0.717) is 5.56 Å². The lowest BCUT2D eigenvalue weighted by Crippen LogP contribution is -1.88. The van der Waals surface area contributed by atoms with Crippen molar-refractivity contribution < 1.29 is 9.90 Å². The summed E-state index contributed by atoms with van der Waals surface area (Å²) in [6.07, 6.45) is 1.22. The van der Waals surface area contributed by atoms with Gasteiger partial charge in [-0.1, -0.05) is 19.1 Å². The Kier molecular flexibility index (Phi) is 4.43.